The van der Waals surface area contributed by atoms with E-state index in [2.05, 4.69) is 33.1 Å². The molecule has 4 aromatic rings. The van der Waals surface area contributed by atoms with E-state index in [4.69, 9.17) is 9.47 Å². The molecule has 0 aliphatic carbocycles. The predicted octanol–water partition coefficient (Wildman–Crippen LogP) is 7.15. The van der Waals surface area contributed by atoms with Crippen LogP contribution in [0.3, 0.4) is 0 Å². The Morgan fingerprint density at radius 1 is 1.03 bits per heavy atom. The molecule has 4 rings (SSSR count). The number of amides is 1. The first-order valence-electron chi connectivity index (χ1n) is 11.2. The van der Waals surface area contributed by atoms with Gasteiger partial charge < -0.3 is 19.1 Å². The average Bonchev–Trinajstić information content (AvgIpc) is 3.11. The number of rotatable bonds is 9. The van der Waals surface area contributed by atoms with E-state index in [-0.39, 0.29) is 18.2 Å². The maximum absolute atomic E-state index is 12.4. The Labute approximate surface area is 206 Å². The minimum atomic E-state index is -0.551. The number of hydrogen-bond donors (Lipinski definition) is 1. The summed E-state index contributed by atoms with van der Waals surface area (Å²) >= 11 is 3.46. The van der Waals surface area contributed by atoms with Crippen LogP contribution < -0.4 is 9.47 Å². The number of carbonyl (C=O) groups is 1. The summed E-state index contributed by atoms with van der Waals surface area (Å²) in [5, 5.41) is 21.5. The van der Waals surface area contributed by atoms with Gasteiger partial charge in [0.2, 0.25) is 5.88 Å². The molecule has 0 unspecified atom stereocenters. The molecule has 8 heteroatoms. The summed E-state index contributed by atoms with van der Waals surface area (Å²) in [6.45, 7) is 2.52. The van der Waals surface area contributed by atoms with Crippen LogP contribution in [0, 0.1) is 0 Å². The van der Waals surface area contributed by atoms with Gasteiger partial charge in [0.05, 0.1) is 12.6 Å². The normalized spacial score (nSPS) is 11.5. The number of carbonyl (C=O) groups excluding carboxylic acids is 1. The van der Waals surface area contributed by atoms with Crippen molar-refractivity contribution in [2.24, 2.45) is 10.2 Å². The molecule has 1 heterocycles. The van der Waals surface area contributed by atoms with Gasteiger partial charge in [0, 0.05) is 16.4 Å². The molecule has 0 saturated heterocycles. The Kier molecular flexibility index (Phi) is 7.47. The fourth-order valence-electron chi connectivity index (χ4n) is 3.84. The number of benzene rings is 3. The Bertz CT molecular complexity index is 1360. The van der Waals surface area contributed by atoms with Gasteiger partial charge in [-0.25, -0.2) is 0 Å². The van der Waals surface area contributed by atoms with Crippen molar-refractivity contribution in [3.63, 3.8) is 0 Å². The molecule has 0 bridgehead atoms. The predicted molar refractivity (Wildman–Crippen MR) is 136 cm³/mol. The van der Waals surface area contributed by atoms with Crippen molar-refractivity contribution >= 4 is 49.2 Å². The van der Waals surface area contributed by atoms with Gasteiger partial charge in [0.25, 0.3) is 0 Å². The summed E-state index contributed by atoms with van der Waals surface area (Å²) in [6.07, 6.45) is 3.05. The van der Waals surface area contributed by atoms with Gasteiger partial charge in [0.15, 0.2) is 12.3 Å². The third-order valence-corrected chi connectivity index (χ3v) is 6.09. The molecule has 1 aromatic heterocycles. The van der Waals surface area contributed by atoms with E-state index in [1.54, 1.807) is 23.8 Å². The first-order valence-corrected chi connectivity index (χ1v) is 12.0. The molecule has 1 amide bonds. The van der Waals surface area contributed by atoms with Crippen LogP contribution in [0.5, 0.6) is 17.4 Å². The van der Waals surface area contributed by atoms with Gasteiger partial charge in [0.1, 0.15) is 11.5 Å². The second-order valence-electron chi connectivity index (χ2n) is 7.95. The van der Waals surface area contributed by atoms with E-state index >= 15 is 0 Å². The monoisotopic (exact) mass is 523 g/mol. The molecule has 0 saturated carbocycles. The SMILES string of the molecule is CCCCCn1c(O)c(N=NC(=O)COc2ccc3cc(Br)ccc3c2)c2cc(OC)ccc21. The second-order valence-corrected chi connectivity index (χ2v) is 8.87. The Morgan fingerprint density at radius 3 is 2.59 bits per heavy atom. The van der Waals surface area contributed by atoms with Crippen LogP contribution in [0.2, 0.25) is 0 Å². The largest absolute Gasteiger partial charge is 0.497 e. The van der Waals surface area contributed by atoms with Crippen molar-refractivity contribution in [2.75, 3.05) is 13.7 Å². The molecule has 3 aromatic carbocycles. The van der Waals surface area contributed by atoms with Gasteiger partial charge in [-0.3, -0.25) is 4.79 Å². The molecule has 176 valence electrons. The Morgan fingerprint density at radius 2 is 1.79 bits per heavy atom. The van der Waals surface area contributed by atoms with Gasteiger partial charge in [-0.1, -0.05) is 47.8 Å². The van der Waals surface area contributed by atoms with E-state index in [0.29, 0.717) is 23.4 Å². The zero-order valence-corrected chi connectivity index (χ0v) is 20.7. The van der Waals surface area contributed by atoms with Crippen molar-refractivity contribution in [2.45, 2.75) is 32.7 Å². The van der Waals surface area contributed by atoms with Crippen molar-refractivity contribution < 1.29 is 19.4 Å². The van der Waals surface area contributed by atoms with Crippen LogP contribution in [-0.2, 0) is 11.3 Å². The number of methoxy groups -OCH3 is 1. The van der Waals surface area contributed by atoms with Gasteiger partial charge in [-0.2, -0.15) is 0 Å². The standard InChI is InChI=1S/C26H26BrN3O4/c1-3-4-5-12-30-23-11-10-20(33-2)15-22(23)25(26(30)32)29-28-24(31)16-34-21-9-7-17-13-19(27)8-6-18(17)14-21/h6-11,13-15,32H,3-5,12,16H2,1-2H3. The third-order valence-electron chi connectivity index (χ3n) is 5.60. The van der Waals surface area contributed by atoms with Gasteiger partial charge in [-0.05, 0) is 59.7 Å². The number of nitrogens with zero attached hydrogens (tertiary/aromatic N) is 3. The number of unbranched alkanes of at least 4 members (excludes halogenated alkanes) is 2. The number of halogens is 1. The molecule has 0 atom stereocenters. The zero-order chi connectivity index (χ0) is 24.1. The first kappa shape index (κ1) is 23.8. The lowest BCUT2D eigenvalue weighted by atomic mass is 10.1. The summed E-state index contributed by atoms with van der Waals surface area (Å²) in [6, 6.07) is 17.0. The molecule has 34 heavy (non-hydrogen) atoms. The lowest BCUT2D eigenvalue weighted by Crippen LogP contribution is -2.07. The van der Waals surface area contributed by atoms with Gasteiger partial charge >= 0.3 is 5.91 Å². The number of ether oxygens (including phenoxy) is 2. The molecule has 0 aliphatic heterocycles. The van der Waals surface area contributed by atoms with Crippen LogP contribution in [0.4, 0.5) is 5.69 Å². The molecule has 0 fully saturated rings. The smallest absolute Gasteiger partial charge is 0.302 e. The van der Waals surface area contributed by atoms with Crippen LogP contribution >= 0.6 is 15.9 Å². The quantitative estimate of drug-likeness (QED) is 0.186. The van der Waals surface area contributed by atoms with Crippen LogP contribution in [0.25, 0.3) is 21.7 Å². The number of aromatic nitrogens is 1. The highest BCUT2D eigenvalue weighted by Crippen LogP contribution is 2.40. The van der Waals surface area contributed by atoms with Crippen molar-refractivity contribution in [1.29, 1.82) is 0 Å². The highest BCUT2D eigenvalue weighted by Gasteiger charge is 2.18. The summed E-state index contributed by atoms with van der Waals surface area (Å²) in [7, 11) is 1.58. The first-order chi connectivity index (χ1) is 16.5. The summed E-state index contributed by atoms with van der Waals surface area (Å²) in [5.74, 6) is 0.633. The number of fused-ring (bicyclic) bond motifs is 2. The van der Waals surface area contributed by atoms with Crippen LogP contribution in [0.15, 0.2) is 69.3 Å². The Balaban J connectivity index is 1.52. The molecule has 0 radical (unpaired) electrons. The molecular formula is C26H26BrN3O4. The fourth-order valence-corrected chi connectivity index (χ4v) is 4.22. The van der Waals surface area contributed by atoms with Crippen molar-refractivity contribution in [3.8, 4) is 17.4 Å². The topological polar surface area (TPSA) is 85.4 Å². The zero-order valence-electron chi connectivity index (χ0n) is 19.1. The molecular weight excluding hydrogens is 498 g/mol. The minimum Gasteiger partial charge on any atom is -0.497 e. The maximum atomic E-state index is 12.4. The lowest BCUT2D eigenvalue weighted by Gasteiger charge is -2.06. The summed E-state index contributed by atoms with van der Waals surface area (Å²) < 4.78 is 13.7. The van der Waals surface area contributed by atoms with E-state index in [0.717, 1.165) is 40.0 Å². The minimum absolute atomic E-state index is 0.0162. The molecule has 0 spiro atoms. The van der Waals surface area contributed by atoms with E-state index in [1.165, 1.54) is 0 Å². The summed E-state index contributed by atoms with van der Waals surface area (Å²) in [4.78, 5) is 12.4. The fraction of sp³-hybridized carbons (Fsp3) is 0.269. The Hall–Kier alpha value is -3.39. The average molecular weight is 524 g/mol. The van der Waals surface area contributed by atoms with E-state index in [1.807, 2.05) is 42.5 Å². The number of azo groups is 1. The van der Waals surface area contributed by atoms with Crippen LogP contribution in [-0.4, -0.2) is 29.3 Å². The van der Waals surface area contributed by atoms with E-state index < -0.39 is 5.91 Å². The second kappa shape index (κ2) is 10.7. The lowest BCUT2D eigenvalue weighted by molar-refractivity contribution is -0.120. The summed E-state index contributed by atoms with van der Waals surface area (Å²) in [5.41, 5.74) is 1.06. The number of aryl methyl sites for hydroxylation is 1. The van der Waals surface area contributed by atoms with Gasteiger partial charge in [-0.15, -0.1) is 10.2 Å². The van der Waals surface area contributed by atoms with Crippen LogP contribution in [0.1, 0.15) is 26.2 Å². The third kappa shape index (κ3) is 5.22. The van der Waals surface area contributed by atoms with E-state index in [9.17, 15) is 9.90 Å². The maximum Gasteiger partial charge on any atom is 0.302 e. The van der Waals surface area contributed by atoms with Crippen molar-refractivity contribution in [3.05, 3.63) is 59.1 Å². The number of hydrogen-bond acceptors (Lipinski definition) is 5. The highest BCUT2D eigenvalue weighted by molar-refractivity contribution is 9.10. The number of aromatic hydroxyl groups is 1. The molecule has 1 N–H and O–H groups in total. The molecule has 0 aliphatic rings. The highest BCUT2D eigenvalue weighted by atomic mass is 79.9. The molecule has 7 nitrogen and oxygen atoms in total. The van der Waals surface area contributed by atoms with Crippen molar-refractivity contribution in [1.82, 2.24) is 4.57 Å².